The molecule has 0 amide bonds. The van der Waals surface area contributed by atoms with Crippen LogP contribution in [0, 0.1) is 0 Å². The van der Waals surface area contributed by atoms with E-state index in [0.29, 0.717) is 12.0 Å². The monoisotopic (exact) mass is 264 g/mol. The van der Waals surface area contributed by atoms with Gasteiger partial charge in [0.15, 0.2) is 0 Å². The van der Waals surface area contributed by atoms with Crippen LogP contribution in [0.5, 0.6) is 5.75 Å². The van der Waals surface area contributed by atoms with Gasteiger partial charge >= 0.3 is 5.97 Å². The molecule has 1 aromatic carbocycles. The summed E-state index contributed by atoms with van der Waals surface area (Å²) in [5, 5.41) is 29.0. The number of aromatic hydroxyl groups is 1. The average molecular weight is 264 g/mol. The highest BCUT2D eigenvalue weighted by Crippen LogP contribution is 2.34. The van der Waals surface area contributed by atoms with Gasteiger partial charge in [0.05, 0.1) is 11.2 Å². The standard InChI is InChI=1S/C15H20O4/c1-10(2)5-4-8-15(3,19)12-7-6-11(14(17)18)9-13(12)16/h6-7,9,16,19H,1,4-5,8H2,2-3H3,(H,17,18)/t15-/m0/s1. The van der Waals surface area contributed by atoms with E-state index < -0.39 is 11.6 Å². The summed E-state index contributed by atoms with van der Waals surface area (Å²) in [5.41, 5.74) is 0.204. The molecule has 0 aliphatic heterocycles. The molecule has 0 heterocycles. The van der Waals surface area contributed by atoms with Gasteiger partial charge in [0.2, 0.25) is 0 Å². The van der Waals surface area contributed by atoms with Crippen molar-refractivity contribution in [3.05, 3.63) is 41.5 Å². The number of carbonyl (C=O) groups is 1. The lowest BCUT2D eigenvalue weighted by molar-refractivity contribution is 0.0431. The Morgan fingerprint density at radius 1 is 1.42 bits per heavy atom. The number of hydrogen-bond acceptors (Lipinski definition) is 3. The zero-order valence-corrected chi connectivity index (χ0v) is 11.3. The van der Waals surface area contributed by atoms with Crippen LogP contribution in [0.2, 0.25) is 0 Å². The quantitative estimate of drug-likeness (QED) is 0.690. The van der Waals surface area contributed by atoms with Crippen molar-refractivity contribution in [3.8, 4) is 5.75 Å². The predicted octanol–water partition coefficient (Wildman–Crippen LogP) is 3.04. The Labute approximate surface area is 113 Å². The fraction of sp³-hybridized carbons (Fsp3) is 0.400. The van der Waals surface area contributed by atoms with Crippen molar-refractivity contribution in [2.45, 2.75) is 38.7 Å². The highest BCUT2D eigenvalue weighted by Gasteiger charge is 2.26. The molecule has 0 fully saturated rings. The van der Waals surface area contributed by atoms with E-state index in [1.165, 1.54) is 12.1 Å². The highest BCUT2D eigenvalue weighted by atomic mass is 16.4. The van der Waals surface area contributed by atoms with Crippen molar-refractivity contribution in [1.29, 1.82) is 0 Å². The van der Waals surface area contributed by atoms with Gasteiger partial charge in [-0.2, -0.15) is 0 Å². The molecule has 0 unspecified atom stereocenters. The van der Waals surface area contributed by atoms with Gasteiger partial charge in [0.1, 0.15) is 5.75 Å². The normalized spacial score (nSPS) is 13.8. The first-order valence-corrected chi connectivity index (χ1v) is 6.17. The third-order valence-electron chi connectivity index (χ3n) is 3.09. The van der Waals surface area contributed by atoms with Crippen molar-refractivity contribution in [2.24, 2.45) is 0 Å². The SMILES string of the molecule is C=C(C)CCC[C@](C)(O)c1ccc(C(=O)O)cc1O. The van der Waals surface area contributed by atoms with Crippen LogP contribution in [-0.4, -0.2) is 21.3 Å². The summed E-state index contributed by atoms with van der Waals surface area (Å²) in [6.07, 6.45) is 2.03. The zero-order valence-electron chi connectivity index (χ0n) is 11.3. The van der Waals surface area contributed by atoms with Crippen molar-refractivity contribution in [1.82, 2.24) is 0 Å². The maximum Gasteiger partial charge on any atom is 0.335 e. The first kappa shape index (κ1) is 15.2. The summed E-state index contributed by atoms with van der Waals surface area (Å²) >= 11 is 0. The van der Waals surface area contributed by atoms with E-state index in [4.69, 9.17) is 5.11 Å². The minimum absolute atomic E-state index is 0.000939. The number of aromatic carboxylic acids is 1. The summed E-state index contributed by atoms with van der Waals surface area (Å²) in [6, 6.07) is 4.00. The van der Waals surface area contributed by atoms with Gasteiger partial charge in [-0.3, -0.25) is 0 Å². The molecule has 0 saturated carbocycles. The molecule has 1 atom stereocenters. The van der Waals surface area contributed by atoms with Crippen LogP contribution >= 0.6 is 0 Å². The molecular formula is C15H20O4. The van der Waals surface area contributed by atoms with E-state index in [2.05, 4.69) is 6.58 Å². The van der Waals surface area contributed by atoms with Crippen molar-refractivity contribution >= 4 is 5.97 Å². The van der Waals surface area contributed by atoms with E-state index in [1.807, 2.05) is 6.92 Å². The number of allylic oxidation sites excluding steroid dienone is 1. The van der Waals surface area contributed by atoms with Gasteiger partial charge in [-0.1, -0.05) is 11.6 Å². The maximum absolute atomic E-state index is 10.8. The molecule has 0 spiro atoms. The molecule has 4 heteroatoms. The molecule has 3 N–H and O–H groups in total. The lowest BCUT2D eigenvalue weighted by Gasteiger charge is -2.25. The molecule has 0 saturated heterocycles. The van der Waals surface area contributed by atoms with Crippen molar-refractivity contribution in [3.63, 3.8) is 0 Å². The summed E-state index contributed by atoms with van der Waals surface area (Å²) < 4.78 is 0. The molecule has 0 bridgehead atoms. The molecule has 0 aliphatic carbocycles. The Bertz CT molecular complexity index is 489. The number of benzene rings is 1. The topological polar surface area (TPSA) is 77.8 Å². The summed E-state index contributed by atoms with van der Waals surface area (Å²) in [6.45, 7) is 7.34. The molecule has 0 aromatic heterocycles. The lowest BCUT2D eigenvalue weighted by atomic mass is 9.88. The molecule has 0 radical (unpaired) electrons. The average Bonchev–Trinajstić information content (AvgIpc) is 2.27. The van der Waals surface area contributed by atoms with Crippen LogP contribution in [0.15, 0.2) is 30.4 Å². The van der Waals surface area contributed by atoms with E-state index >= 15 is 0 Å². The summed E-state index contributed by atoms with van der Waals surface area (Å²) in [4.78, 5) is 10.8. The first-order chi connectivity index (χ1) is 8.74. The molecule has 4 nitrogen and oxygen atoms in total. The number of rotatable bonds is 6. The van der Waals surface area contributed by atoms with Gasteiger partial charge in [0.25, 0.3) is 0 Å². The Morgan fingerprint density at radius 3 is 2.53 bits per heavy atom. The van der Waals surface area contributed by atoms with E-state index in [9.17, 15) is 15.0 Å². The Balaban J connectivity index is 2.88. The minimum Gasteiger partial charge on any atom is -0.508 e. The van der Waals surface area contributed by atoms with Gasteiger partial charge < -0.3 is 15.3 Å². The lowest BCUT2D eigenvalue weighted by Crippen LogP contribution is -2.21. The van der Waals surface area contributed by atoms with E-state index in [0.717, 1.165) is 24.5 Å². The summed E-state index contributed by atoms with van der Waals surface area (Å²) in [7, 11) is 0. The van der Waals surface area contributed by atoms with Crippen LogP contribution in [0.4, 0.5) is 0 Å². The minimum atomic E-state index is -1.18. The van der Waals surface area contributed by atoms with Crippen molar-refractivity contribution < 1.29 is 20.1 Å². The van der Waals surface area contributed by atoms with E-state index in [1.54, 1.807) is 6.92 Å². The Morgan fingerprint density at radius 2 is 2.05 bits per heavy atom. The molecule has 0 aliphatic rings. The van der Waals surface area contributed by atoms with Crippen LogP contribution in [-0.2, 0) is 5.60 Å². The molecular weight excluding hydrogens is 244 g/mol. The van der Waals surface area contributed by atoms with Gasteiger partial charge in [-0.15, -0.1) is 6.58 Å². The number of carboxylic acids is 1. The Kier molecular flexibility index (Phi) is 4.72. The van der Waals surface area contributed by atoms with E-state index in [-0.39, 0.29) is 11.3 Å². The van der Waals surface area contributed by atoms with Crippen LogP contribution in [0.1, 0.15) is 49.0 Å². The number of carboxylic acid groups (broad SMARTS) is 1. The maximum atomic E-state index is 10.8. The van der Waals surface area contributed by atoms with Crippen LogP contribution in [0.3, 0.4) is 0 Å². The second-order valence-electron chi connectivity index (χ2n) is 5.12. The molecule has 1 rings (SSSR count). The fourth-order valence-corrected chi connectivity index (χ4v) is 1.99. The first-order valence-electron chi connectivity index (χ1n) is 6.17. The van der Waals surface area contributed by atoms with Gasteiger partial charge in [0, 0.05) is 5.56 Å². The van der Waals surface area contributed by atoms with Crippen LogP contribution in [0.25, 0.3) is 0 Å². The largest absolute Gasteiger partial charge is 0.508 e. The molecule has 1 aromatic rings. The Hall–Kier alpha value is -1.81. The van der Waals surface area contributed by atoms with Crippen LogP contribution < -0.4 is 0 Å². The highest BCUT2D eigenvalue weighted by molar-refractivity contribution is 5.88. The third kappa shape index (κ3) is 4.10. The predicted molar refractivity (Wildman–Crippen MR) is 73.3 cm³/mol. The van der Waals surface area contributed by atoms with Gasteiger partial charge in [-0.25, -0.2) is 4.79 Å². The summed E-state index contributed by atoms with van der Waals surface area (Å²) in [5.74, 6) is -1.30. The molecule has 19 heavy (non-hydrogen) atoms. The molecule has 104 valence electrons. The second kappa shape index (κ2) is 5.89. The van der Waals surface area contributed by atoms with Crippen molar-refractivity contribution in [2.75, 3.05) is 0 Å². The number of hydrogen-bond donors (Lipinski definition) is 3. The van der Waals surface area contributed by atoms with Gasteiger partial charge in [-0.05, 0) is 45.2 Å². The number of aliphatic hydroxyl groups is 1. The third-order valence-corrected chi connectivity index (χ3v) is 3.09. The smallest absolute Gasteiger partial charge is 0.335 e. The second-order valence-corrected chi connectivity index (χ2v) is 5.12. The number of phenols is 1. The number of phenolic OH excluding ortho intramolecular Hbond substituents is 1. The zero-order chi connectivity index (χ0) is 14.6. The fourth-order valence-electron chi connectivity index (χ4n) is 1.99.